The van der Waals surface area contributed by atoms with Crippen molar-refractivity contribution in [3.8, 4) is 12.3 Å². The van der Waals surface area contributed by atoms with Crippen LogP contribution in [0.3, 0.4) is 0 Å². The lowest BCUT2D eigenvalue weighted by molar-refractivity contribution is -0.217. The van der Waals surface area contributed by atoms with Crippen molar-refractivity contribution in [3.63, 3.8) is 0 Å². The summed E-state index contributed by atoms with van der Waals surface area (Å²) in [5.74, 6) is 1.60. The van der Waals surface area contributed by atoms with E-state index in [9.17, 15) is 4.79 Å². The van der Waals surface area contributed by atoms with Crippen LogP contribution >= 0.6 is 0 Å². The molecule has 0 spiro atoms. The average molecular weight is 316 g/mol. The van der Waals surface area contributed by atoms with Crippen molar-refractivity contribution in [1.82, 2.24) is 0 Å². The van der Waals surface area contributed by atoms with Gasteiger partial charge in [-0.15, -0.1) is 6.42 Å². The summed E-state index contributed by atoms with van der Waals surface area (Å²) in [6.45, 7) is 5.55. The van der Waals surface area contributed by atoms with Crippen molar-refractivity contribution in [2.75, 3.05) is 6.61 Å². The molecule has 2 fully saturated rings. The molecule has 1 aromatic carbocycles. The summed E-state index contributed by atoms with van der Waals surface area (Å²) in [6.07, 6.45) is 4.30. The van der Waals surface area contributed by atoms with Crippen LogP contribution in [0.2, 0.25) is 0 Å². The SMILES string of the molecule is C#C[C@@]1(C)[C@@H](COC(=O)c2ccccc2)O[C@@H]2OC(C)(C)O[C@@H]21. The zero-order valence-corrected chi connectivity index (χ0v) is 13.4. The maximum absolute atomic E-state index is 12.1. The van der Waals surface area contributed by atoms with Gasteiger partial charge < -0.3 is 18.9 Å². The topological polar surface area (TPSA) is 54.0 Å². The Morgan fingerprint density at radius 1 is 1.26 bits per heavy atom. The average Bonchev–Trinajstić information content (AvgIpc) is 2.97. The van der Waals surface area contributed by atoms with Crippen LogP contribution in [0.25, 0.3) is 0 Å². The zero-order valence-electron chi connectivity index (χ0n) is 13.4. The minimum absolute atomic E-state index is 0.0502. The normalized spacial score (nSPS) is 34.6. The van der Waals surface area contributed by atoms with E-state index in [1.54, 1.807) is 24.3 Å². The fourth-order valence-corrected chi connectivity index (χ4v) is 2.92. The molecule has 3 rings (SSSR count). The summed E-state index contributed by atoms with van der Waals surface area (Å²) in [5, 5.41) is 0. The van der Waals surface area contributed by atoms with E-state index >= 15 is 0 Å². The highest BCUT2D eigenvalue weighted by Crippen LogP contribution is 2.47. The van der Waals surface area contributed by atoms with Gasteiger partial charge in [0.25, 0.3) is 0 Å². The summed E-state index contributed by atoms with van der Waals surface area (Å²) in [5.41, 5.74) is -0.239. The van der Waals surface area contributed by atoms with E-state index < -0.39 is 29.6 Å². The summed E-state index contributed by atoms with van der Waals surface area (Å²) < 4.78 is 22.8. The van der Waals surface area contributed by atoms with Crippen LogP contribution in [0.4, 0.5) is 0 Å². The van der Waals surface area contributed by atoms with Crippen LogP contribution in [0, 0.1) is 17.8 Å². The lowest BCUT2D eigenvalue weighted by Gasteiger charge is -2.30. The van der Waals surface area contributed by atoms with Gasteiger partial charge in [-0.1, -0.05) is 24.1 Å². The maximum Gasteiger partial charge on any atom is 0.338 e. The van der Waals surface area contributed by atoms with Crippen molar-refractivity contribution < 1.29 is 23.7 Å². The second-order valence-corrected chi connectivity index (χ2v) is 6.44. The van der Waals surface area contributed by atoms with Gasteiger partial charge >= 0.3 is 5.97 Å². The Labute approximate surface area is 135 Å². The van der Waals surface area contributed by atoms with Gasteiger partial charge in [0.1, 0.15) is 18.8 Å². The number of hydrogen-bond donors (Lipinski definition) is 0. The standard InChI is InChI=1S/C18H20O5/c1-5-18(4)13(21-16-14(18)22-17(2,3)23-16)11-20-15(19)12-9-7-6-8-10-12/h1,6-10,13-14,16H,11H2,2-4H3/t13-,14+,16-,18+/m1/s1. The van der Waals surface area contributed by atoms with E-state index in [2.05, 4.69) is 5.92 Å². The van der Waals surface area contributed by atoms with Crippen LogP contribution in [-0.2, 0) is 18.9 Å². The van der Waals surface area contributed by atoms with Gasteiger partial charge in [-0.25, -0.2) is 4.79 Å². The first-order valence-corrected chi connectivity index (χ1v) is 7.57. The summed E-state index contributed by atoms with van der Waals surface area (Å²) >= 11 is 0. The van der Waals surface area contributed by atoms with Crippen molar-refractivity contribution >= 4 is 5.97 Å². The Morgan fingerprint density at radius 3 is 2.61 bits per heavy atom. The maximum atomic E-state index is 12.1. The molecular weight excluding hydrogens is 296 g/mol. The molecule has 0 saturated carbocycles. The number of esters is 1. The molecule has 2 aliphatic heterocycles. The first-order valence-electron chi connectivity index (χ1n) is 7.57. The molecule has 5 nitrogen and oxygen atoms in total. The molecule has 23 heavy (non-hydrogen) atoms. The molecule has 0 radical (unpaired) electrons. The highest BCUT2D eigenvalue weighted by molar-refractivity contribution is 5.89. The lowest BCUT2D eigenvalue weighted by atomic mass is 9.81. The third-order valence-corrected chi connectivity index (χ3v) is 4.30. The van der Waals surface area contributed by atoms with Gasteiger partial charge in [0.2, 0.25) is 0 Å². The van der Waals surface area contributed by atoms with Crippen LogP contribution in [0.5, 0.6) is 0 Å². The Morgan fingerprint density at radius 2 is 1.96 bits per heavy atom. The molecule has 122 valence electrons. The number of terminal acetylenes is 1. The molecule has 1 aromatic rings. The summed E-state index contributed by atoms with van der Waals surface area (Å²) in [7, 11) is 0. The van der Waals surface area contributed by atoms with Crippen molar-refractivity contribution in [3.05, 3.63) is 35.9 Å². The predicted octanol–water partition coefficient (Wildman–Crippen LogP) is 2.36. The number of fused-ring (bicyclic) bond motifs is 1. The van der Waals surface area contributed by atoms with Gasteiger partial charge in [-0.3, -0.25) is 0 Å². The molecule has 0 aromatic heterocycles. The largest absolute Gasteiger partial charge is 0.459 e. The fourth-order valence-electron chi connectivity index (χ4n) is 2.92. The number of carbonyl (C=O) groups excluding carboxylic acids is 1. The van der Waals surface area contributed by atoms with E-state index in [0.29, 0.717) is 5.56 Å². The molecule has 0 aliphatic carbocycles. The highest BCUT2D eigenvalue weighted by atomic mass is 16.8. The molecule has 0 bridgehead atoms. The Kier molecular flexibility index (Phi) is 3.93. The molecular formula is C18H20O5. The van der Waals surface area contributed by atoms with E-state index in [1.165, 1.54) is 0 Å². The molecule has 0 amide bonds. The number of ether oxygens (including phenoxy) is 4. The van der Waals surface area contributed by atoms with E-state index in [-0.39, 0.29) is 12.7 Å². The zero-order chi connectivity index (χ0) is 16.7. The Hall–Kier alpha value is -1.87. The van der Waals surface area contributed by atoms with Crippen molar-refractivity contribution in [1.29, 1.82) is 0 Å². The molecule has 2 aliphatic rings. The number of rotatable bonds is 3. The van der Waals surface area contributed by atoms with Gasteiger partial charge in [0.05, 0.1) is 11.0 Å². The quantitative estimate of drug-likeness (QED) is 0.633. The van der Waals surface area contributed by atoms with Gasteiger partial charge in [-0.05, 0) is 32.9 Å². The Bertz CT molecular complexity index is 633. The number of carbonyl (C=O) groups is 1. The molecule has 4 atom stereocenters. The van der Waals surface area contributed by atoms with Crippen LogP contribution in [0.15, 0.2) is 30.3 Å². The van der Waals surface area contributed by atoms with Gasteiger partial charge in [0.15, 0.2) is 12.1 Å². The minimum atomic E-state index is -0.737. The second-order valence-electron chi connectivity index (χ2n) is 6.44. The Balaban J connectivity index is 1.68. The predicted molar refractivity (Wildman–Crippen MR) is 82.4 cm³/mol. The van der Waals surface area contributed by atoms with Crippen LogP contribution < -0.4 is 0 Å². The van der Waals surface area contributed by atoms with Crippen LogP contribution in [-0.4, -0.2) is 36.9 Å². The third kappa shape index (κ3) is 2.86. The number of hydrogen-bond acceptors (Lipinski definition) is 5. The fraction of sp³-hybridized carbons (Fsp3) is 0.500. The second kappa shape index (κ2) is 5.64. The lowest BCUT2D eigenvalue weighted by Crippen LogP contribution is -2.41. The van der Waals surface area contributed by atoms with Crippen LogP contribution in [0.1, 0.15) is 31.1 Å². The molecule has 0 unspecified atom stereocenters. The monoisotopic (exact) mass is 316 g/mol. The number of benzene rings is 1. The molecule has 0 N–H and O–H groups in total. The van der Waals surface area contributed by atoms with Crippen molar-refractivity contribution in [2.45, 2.75) is 45.1 Å². The summed E-state index contributed by atoms with van der Waals surface area (Å²) in [6, 6.07) is 8.79. The minimum Gasteiger partial charge on any atom is -0.459 e. The van der Waals surface area contributed by atoms with Gasteiger partial charge in [-0.2, -0.15) is 0 Å². The molecule has 2 saturated heterocycles. The first kappa shape index (κ1) is 16.0. The van der Waals surface area contributed by atoms with E-state index in [0.717, 1.165) is 0 Å². The van der Waals surface area contributed by atoms with Crippen molar-refractivity contribution in [2.24, 2.45) is 5.41 Å². The van der Waals surface area contributed by atoms with E-state index in [1.807, 2.05) is 26.8 Å². The molecule has 2 heterocycles. The first-order chi connectivity index (χ1) is 10.9. The summed E-state index contributed by atoms with van der Waals surface area (Å²) in [4.78, 5) is 12.1. The highest BCUT2D eigenvalue weighted by Gasteiger charge is 2.61. The third-order valence-electron chi connectivity index (χ3n) is 4.30. The molecule has 5 heteroatoms. The van der Waals surface area contributed by atoms with Gasteiger partial charge in [0, 0.05) is 0 Å². The smallest absolute Gasteiger partial charge is 0.338 e. The van der Waals surface area contributed by atoms with E-state index in [4.69, 9.17) is 25.4 Å².